The lowest BCUT2D eigenvalue weighted by Gasteiger charge is -2.62. The highest BCUT2D eigenvalue weighted by Crippen LogP contribution is 2.68. The minimum absolute atomic E-state index is 0.0232. The molecule has 4 heteroatoms. The molecule has 0 bridgehead atoms. The summed E-state index contributed by atoms with van der Waals surface area (Å²) >= 11 is 0. The molecule has 0 radical (unpaired) electrons. The topological polar surface area (TPSA) is 77.8 Å². The largest absolute Gasteiger partial charge is 0.481 e. The highest BCUT2D eigenvalue weighted by Gasteiger charge is 2.62. The van der Waals surface area contributed by atoms with Crippen LogP contribution in [0.2, 0.25) is 0 Å². The number of carbonyl (C=O) groups is 1. The standard InChI is InChI=1S/C24H40O4/c1-14(4-7-21(27)28)17-5-6-18-22-19(9-11-24(17,18)3)23(2)10-8-16(25)12-15(23)13-20(22)26/h14-20,22,25-26H,4-13H2,1-3H3,(H,27,28)/t14?,15-,16+,17+,18-,19?,20?,22?,23?,24?/m0/s1/i20D,22D. The second-order valence-corrected chi connectivity index (χ2v) is 11.0. The van der Waals surface area contributed by atoms with E-state index in [4.69, 9.17) is 6.48 Å². The van der Waals surface area contributed by atoms with Crippen LogP contribution >= 0.6 is 0 Å². The van der Waals surface area contributed by atoms with Crippen molar-refractivity contribution in [3.63, 3.8) is 0 Å². The Balaban J connectivity index is 1.67. The molecule has 10 atom stereocenters. The van der Waals surface area contributed by atoms with E-state index in [9.17, 15) is 16.4 Å². The summed E-state index contributed by atoms with van der Waals surface area (Å²) in [6.07, 6.45) is 4.89. The van der Waals surface area contributed by atoms with Gasteiger partial charge in [-0.3, -0.25) is 4.79 Å². The van der Waals surface area contributed by atoms with Gasteiger partial charge in [0.25, 0.3) is 0 Å². The zero-order valence-corrected chi connectivity index (χ0v) is 17.8. The summed E-state index contributed by atoms with van der Waals surface area (Å²) in [6, 6.07) is 0. The fourth-order valence-electron chi connectivity index (χ4n) is 8.09. The summed E-state index contributed by atoms with van der Waals surface area (Å²) < 4.78 is 18.7. The van der Waals surface area contributed by atoms with E-state index in [1.165, 1.54) is 0 Å². The predicted octanol–water partition coefficient (Wildman–Crippen LogP) is 4.48. The van der Waals surface area contributed by atoms with Gasteiger partial charge in [-0.1, -0.05) is 20.8 Å². The number of aliphatic hydroxyl groups excluding tert-OH is 1. The van der Waals surface area contributed by atoms with Crippen LogP contribution < -0.4 is 0 Å². The van der Waals surface area contributed by atoms with Crippen LogP contribution in [-0.2, 0) is 4.79 Å². The van der Waals surface area contributed by atoms with E-state index in [0.29, 0.717) is 18.8 Å². The molecule has 4 aliphatic rings. The van der Waals surface area contributed by atoms with Crippen molar-refractivity contribution in [1.82, 2.24) is 0 Å². The molecule has 4 nitrogen and oxygen atoms in total. The van der Waals surface area contributed by atoms with E-state index >= 15 is 0 Å². The number of aliphatic carboxylic acids is 1. The van der Waals surface area contributed by atoms with Crippen molar-refractivity contribution in [3.05, 3.63) is 0 Å². The second-order valence-electron chi connectivity index (χ2n) is 11.0. The molecular weight excluding hydrogens is 352 g/mol. The molecule has 0 heterocycles. The molecular formula is C24H40O4. The van der Waals surface area contributed by atoms with Gasteiger partial charge < -0.3 is 15.3 Å². The summed E-state index contributed by atoms with van der Waals surface area (Å²) in [5.41, 5.74) is -0.217. The maximum absolute atomic E-state index is 11.5. The average molecular weight is 395 g/mol. The van der Waals surface area contributed by atoms with Gasteiger partial charge in [-0.25, -0.2) is 0 Å². The third-order valence-corrected chi connectivity index (χ3v) is 9.71. The van der Waals surface area contributed by atoms with E-state index in [-0.39, 0.29) is 53.4 Å². The lowest BCUT2D eigenvalue weighted by Crippen LogP contribution is -2.58. The van der Waals surface area contributed by atoms with Crippen molar-refractivity contribution in [3.8, 4) is 0 Å². The van der Waals surface area contributed by atoms with Crippen molar-refractivity contribution >= 4 is 5.97 Å². The Labute approximate surface area is 172 Å². The Bertz CT molecular complexity index is 699. The van der Waals surface area contributed by atoms with Crippen LogP contribution in [0.25, 0.3) is 0 Å². The first-order valence-electron chi connectivity index (χ1n) is 12.5. The molecule has 0 saturated heterocycles. The molecule has 0 aromatic rings. The fourth-order valence-corrected chi connectivity index (χ4v) is 8.09. The zero-order valence-electron chi connectivity index (χ0n) is 19.8. The number of fused-ring (bicyclic) bond motifs is 5. The molecule has 0 aromatic carbocycles. The summed E-state index contributed by atoms with van der Waals surface area (Å²) in [6.45, 7) is 6.67. The van der Waals surface area contributed by atoms with Crippen LogP contribution in [0.4, 0.5) is 0 Å². The number of carboxylic acid groups (broad SMARTS) is 1. The normalized spacial score (nSPS) is 58.0. The third-order valence-electron chi connectivity index (χ3n) is 9.71. The van der Waals surface area contributed by atoms with Gasteiger partial charge in [-0.05, 0) is 104 Å². The molecule has 28 heavy (non-hydrogen) atoms. The van der Waals surface area contributed by atoms with Crippen LogP contribution in [-0.4, -0.2) is 33.5 Å². The molecule has 4 aliphatic carbocycles. The van der Waals surface area contributed by atoms with E-state index in [0.717, 1.165) is 38.5 Å². The smallest absolute Gasteiger partial charge is 0.303 e. The Morgan fingerprint density at radius 1 is 1.07 bits per heavy atom. The Kier molecular flexibility index (Phi) is 4.72. The van der Waals surface area contributed by atoms with Crippen molar-refractivity contribution in [2.45, 2.75) is 97.2 Å². The number of hydrogen-bond acceptors (Lipinski definition) is 3. The van der Waals surface area contributed by atoms with Gasteiger partial charge >= 0.3 is 5.97 Å². The summed E-state index contributed by atoms with van der Waals surface area (Å²) in [5, 5.41) is 30.8. The fraction of sp³-hybridized carbons (Fsp3) is 0.958. The number of carboxylic acids is 1. The van der Waals surface area contributed by atoms with E-state index in [1.54, 1.807) is 0 Å². The number of aliphatic hydroxyl groups is 2. The lowest BCUT2D eigenvalue weighted by molar-refractivity contribution is -0.174. The summed E-state index contributed by atoms with van der Waals surface area (Å²) in [7, 11) is 0. The Morgan fingerprint density at radius 3 is 2.46 bits per heavy atom. The van der Waals surface area contributed by atoms with Gasteiger partial charge in [-0.15, -0.1) is 0 Å². The van der Waals surface area contributed by atoms with Crippen molar-refractivity contribution in [1.29, 1.82) is 0 Å². The molecule has 0 spiro atoms. The van der Waals surface area contributed by atoms with Gasteiger partial charge in [0, 0.05) is 7.79 Å². The maximum atomic E-state index is 11.5. The molecule has 0 aliphatic heterocycles. The zero-order chi connectivity index (χ0) is 22.1. The number of rotatable bonds is 4. The maximum Gasteiger partial charge on any atom is 0.303 e. The highest BCUT2D eigenvalue weighted by atomic mass is 16.4. The molecule has 0 aromatic heterocycles. The molecule has 0 amide bonds. The van der Waals surface area contributed by atoms with Gasteiger partial charge in [0.1, 0.15) is 0 Å². The Morgan fingerprint density at radius 2 is 1.75 bits per heavy atom. The van der Waals surface area contributed by atoms with Gasteiger partial charge in [0.2, 0.25) is 0 Å². The summed E-state index contributed by atoms with van der Waals surface area (Å²) in [4.78, 5) is 11.1. The molecule has 4 rings (SSSR count). The molecule has 4 saturated carbocycles. The quantitative estimate of drug-likeness (QED) is 0.657. The molecule has 160 valence electrons. The Hall–Kier alpha value is -0.610. The van der Waals surface area contributed by atoms with E-state index in [1.807, 2.05) is 0 Å². The van der Waals surface area contributed by atoms with Gasteiger partial charge in [0.05, 0.1) is 13.6 Å². The van der Waals surface area contributed by atoms with E-state index < -0.39 is 17.9 Å². The first kappa shape index (κ1) is 18.2. The average Bonchev–Trinajstić information content (AvgIpc) is 3.00. The summed E-state index contributed by atoms with van der Waals surface area (Å²) in [5.74, 6) is -1.30. The molecule has 3 N–H and O–H groups in total. The van der Waals surface area contributed by atoms with Crippen molar-refractivity contribution in [2.75, 3.05) is 0 Å². The van der Waals surface area contributed by atoms with Crippen LogP contribution in [0.5, 0.6) is 0 Å². The van der Waals surface area contributed by atoms with Crippen molar-refractivity contribution in [2.24, 2.45) is 46.3 Å². The SMILES string of the molecule is [2H]C1(O)C[C@@H]2C[C@H](O)CCC2(C)C2CCC3(C)[C@@H](C(C)CCC(=O)O)CC[C@H]3C21[2H]. The van der Waals surface area contributed by atoms with Gasteiger partial charge in [-0.2, -0.15) is 0 Å². The number of hydrogen-bond donors (Lipinski definition) is 3. The van der Waals surface area contributed by atoms with Gasteiger partial charge in [0.15, 0.2) is 0 Å². The minimum Gasteiger partial charge on any atom is -0.481 e. The van der Waals surface area contributed by atoms with Crippen LogP contribution in [0.1, 0.15) is 87.7 Å². The molecule has 6 unspecified atom stereocenters. The van der Waals surface area contributed by atoms with Crippen LogP contribution in [0.15, 0.2) is 0 Å². The predicted molar refractivity (Wildman–Crippen MR) is 109 cm³/mol. The molecule has 4 fully saturated rings. The first-order valence-corrected chi connectivity index (χ1v) is 11.5. The van der Waals surface area contributed by atoms with Crippen LogP contribution in [0.3, 0.4) is 0 Å². The van der Waals surface area contributed by atoms with E-state index in [2.05, 4.69) is 20.8 Å². The first-order chi connectivity index (χ1) is 13.9. The lowest BCUT2D eigenvalue weighted by atomic mass is 9.43. The highest BCUT2D eigenvalue weighted by molar-refractivity contribution is 5.66. The third kappa shape index (κ3) is 3.14. The van der Waals surface area contributed by atoms with Crippen molar-refractivity contribution < 1.29 is 22.9 Å². The second kappa shape index (κ2) is 7.27. The van der Waals surface area contributed by atoms with Crippen LogP contribution in [0, 0.1) is 46.3 Å². The minimum atomic E-state index is -1.80. The monoisotopic (exact) mass is 394 g/mol.